The zero-order valence-corrected chi connectivity index (χ0v) is 17.7. The molecule has 0 aliphatic heterocycles. The van der Waals surface area contributed by atoms with E-state index in [9.17, 15) is 16.8 Å². The van der Waals surface area contributed by atoms with E-state index in [2.05, 4.69) is 10.0 Å². The second-order valence-corrected chi connectivity index (χ2v) is 10.2. The van der Waals surface area contributed by atoms with Crippen molar-refractivity contribution in [3.63, 3.8) is 0 Å². The SMILES string of the molecule is CCNc1ccc(S(=O)(=O)N(C)C)cc1NS(=O)(=O)c1cc(C)ccc1C. The van der Waals surface area contributed by atoms with Gasteiger partial charge in [0.25, 0.3) is 10.0 Å². The van der Waals surface area contributed by atoms with Gasteiger partial charge in [-0.05, 0) is 56.2 Å². The number of hydrogen-bond acceptors (Lipinski definition) is 5. The minimum absolute atomic E-state index is 0.00724. The largest absolute Gasteiger partial charge is 0.384 e. The number of nitrogens with one attached hydrogen (secondary N) is 2. The summed E-state index contributed by atoms with van der Waals surface area (Å²) in [4.78, 5) is 0.165. The first-order valence-electron chi connectivity index (χ1n) is 8.39. The van der Waals surface area contributed by atoms with Gasteiger partial charge in [-0.2, -0.15) is 0 Å². The first-order chi connectivity index (χ1) is 12.5. The molecule has 0 unspecified atom stereocenters. The highest BCUT2D eigenvalue weighted by atomic mass is 32.2. The minimum atomic E-state index is -3.89. The summed E-state index contributed by atoms with van der Waals surface area (Å²) in [5.41, 5.74) is 2.11. The molecular weight excluding hydrogens is 386 g/mol. The van der Waals surface area contributed by atoms with Crippen LogP contribution in [0.2, 0.25) is 0 Å². The molecule has 2 N–H and O–H groups in total. The molecule has 9 heteroatoms. The highest BCUT2D eigenvalue weighted by Gasteiger charge is 2.22. The summed E-state index contributed by atoms with van der Waals surface area (Å²) in [5, 5.41) is 3.05. The maximum atomic E-state index is 12.9. The maximum absolute atomic E-state index is 12.9. The van der Waals surface area contributed by atoms with Crippen LogP contribution < -0.4 is 10.0 Å². The van der Waals surface area contributed by atoms with Gasteiger partial charge in [0.15, 0.2) is 0 Å². The summed E-state index contributed by atoms with van der Waals surface area (Å²) in [6, 6.07) is 9.50. The Kier molecular flexibility index (Phi) is 6.18. The second kappa shape index (κ2) is 7.87. The molecule has 0 aliphatic carbocycles. The van der Waals surface area contributed by atoms with Crippen molar-refractivity contribution < 1.29 is 16.8 Å². The quantitative estimate of drug-likeness (QED) is 0.730. The predicted molar refractivity (Wildman–Crippen MR) is 108 cm³/mol. The third-order valence-electron chi connectivity index (χ3n) is 4.01. The van der Waals surface area contributed by atoms with Gasteiger partial charge >= 0.3 is 0 Å². The topological polar surface area (TPSA) is 95.6 Å². The van der Waals surface area contributed by atoms with Gasteiger partial charge < -0.3 is 5.32 Å². The van der Waals surface area contributed by atoms with Crippen molar-refractivity contribution >= 4 is 31.4 Å². The molecule has 0 spiro atoms. The van der Waals surface area contributed by atoms with Crippen molar-refractivity contribution in [1.29, 1.82) is 0 Å². The smallest absolute Gasteiger partial charge is 0.262 e. The van der Waals surface area contributed by atoms with Crippen molar-refractivity contribution in [3.8, 4) is 0 Å². The van der Waals surface area contributed by atoms with Crippen LogP contribution in [0.5, 0.6) is 0 Å². The van der Waals surface area contributed by atoms with E-state index in [-0.39, 0.29) is 15.5 Å². The fraction of sp³-hybridized carbons (Fsp3) is 0.333. The molecule has 0 saturated heterocycles. The van der Waals surface area contributed by atoms with Crippen LogP contribution >= 0.6 is 0 Å². The third kappa shape index (κ3) is 4.60. The molecule has 148 valence electrons. The lowest BCUT2D eigenvalue weighted by Gasteiger charge is -2.17. The number of benzene rings is 2. The molecular formula is C18H25N3O4S2. The number of rotatable bonds is 7. The van der Waals surface area contributed by atoms with Crippen molar-refractivity contribution in [2.75, 3.05) is 30.7 Å². The van der Waals surface area contributed by atoms with E-state index in [0.29, 0.717) is 17.8 Å². The molecule has 7 nitrogen and oxygen atoms in total. The molecule has 2 aromatic rings. The van der Waals surface area contributed by atoms with Gasteiger partial charge in [-0.1, -0.05) is 12.1 Å². The van der Waals surface area contributed by atoms with Crippen LogP contribution in [-0.4, -0.2) is 41.8 Å². The van der Waals surface area contributed by atoms with E-state index in [0.717, 1.165) is 9.87 Å². The normalized spacial score (nSPS) is 12.2. The highest BCUT2D eigenvalue weighted by Crippen LogP contribution is 2.29. The monoisotopic (exact) mass is 411 g/mol. The van der Waals surface area contributed by atoms with Crippen LogP contribution in [-0.2, 0) is 20.0 Å². The molecule has 0 heterocycles. The predicted octanol–water partition coefficient (Wildman–Crippen LogP) is 2.79. The minimum Gasteiger partial charge on any atom is -0.384 e. The van der Waals surface area contributed by atoms with Gasteiger partial charge in [-0.25, -0.2) is 21.1 Å². The van der Waals surface area contributed by atoms with Crippen molar-refractivity contribution in [2.24, 2.45) is 0 Å². The number of nitrogens with zero attached hydrogens (tertiary/aromatic N) is 1. The summed E-state index contributed by atoms with van der Waals surface area (Å²) >= 11 is 0. The number of anilines is 2. The van der Waals surface area contributed by atoms with E-state index in [1.807, 2.05) is 19.9 Å². The molecule has 2 aromatic carbocycles. The average molecular weight is 412 g/mol. The Hall–Kier alpha value is -2.10. The zero-order chi connectivity index (χ0) is 20.4. The molecule has 0 bridgehead atoms. The van der Waals surface area contributed by atoms with Gasteiger partial charge in [-0.15, -0.1) is 0 Å². The van der Waals surface area contributed by atoms with Crippen LogP contribution in [0.4, 0.5) is 11.4 Å². The van der Waals surface area contributed by atoms with E-state index in [1.165, 1.54) is 26.2 Å². The van der Waals surface area contributed by atoms with Crippen LogP contribution in [0.1, 0.15) is 18.1 Å². The van der Waals surface area contributed by atoms with Crippen LogP contribution in [0, 0.1) is 13.8 Å². The standard InChI is InChI=1S/C18H25N3O4S2/c1-6-19-16-10-9-15(27(24,25)21(4)5)12-17(16)20-26(22,23)18-11-13(2)7-8-14(18)3/h7-12,19-20H,6H2,1-5H3. The number of sulfonamides is 2. The van der Waals surface area contributed by atoms with Gasteiger partial charge in [0.1, 0.15) is 0 Å². The second-order valence-electron chi connectivity index (χ2n) is 6.40. The Balaban J connectivity index is 2.57. The zero-order valence-electron chi connectivity index (χ0n) is 16.1. The molecule has 27 heavy (non-hydrogen) atoms. The van der Waals surface area contributed by atoms with Gasteiger partial charge in [0.2, 0.25) is 10.0 Å². The van der Waals surface area contributed by atoms with Crippen LogP contribution in [0.25, 0.3) is 0 Å². The molecule has 0 aromatic heterocycles. The highest BCUT2D eigenvalue weighted by molar-refractivity contribution is 7.92. The van der Waals surface area contributed by atoms with E-state index in [4.69, 9.17) is 0 Å². The first kappa shape index (κ1) is 21.2. The van der Waals surface area contributed by atoms with Crippen molar-refractivity contribution in [2.45, 2.75) is 30.6 Å². The number of aryl methyl sites for hydroxylation is 2. The first-order valence-corrected chi connectivity index (χ1v) is 11.3. The maximum Gasteiger partial charge on any atom is 0.262 e. The average Bonchev–Trinajstić information content (AvgIpc) is 2.58. The van der Waals surface area contributed by atoms with Gasteiger partial charge in [0, 0.05) is 20.6 Å². The van der Waals surface area contributed by atoms with Crippen molar-refractivity contribution in [1.82, 2.24) is 4.31 Å². The van der Waals surface area contributed by atoms with E-state index >= 15 is 0 Å². The fourth-order valence-corrected chi connectivity index (χ4v) is 4.85. The van der Waals surface area contributed by atoms with E-state index < -0.39 is 20.0 Å². The summed E-state index contributed by atoms with van der Waals surface area (Å²) < 4.78 is 54.3. The lowest BCUT2D eigenvalue weighted by Crippen LogP contribution is -2.23. The fourth-order valence-electron chi connectivity index (χ4n) is 2.52. The Morgan fingerprint density at radius 3 is 2.19 bits per heavy atom. The summed E-state index contributed by atoms with van der Waals surface area (Å²) in [5.74, 6) is 0. The lowest BCUT2D eigenvalue weighted by atomic mass is 10.2. The Bertz CT molecular complexity index is 1050. The Labute approximate surface area is 161 Å². The van der Waals surface area contributed by atoms with Gasteiger partial charge in [-0.3, -0.25) is 4.72 Å². The molecule has 0 saturated carbocycles. The molecule has 0 fully saturated rings. The van der Waals surface area contributed by atoms with Crippen LogP contribution in [0.3, 0.4) is 0 Å². The lowest BCUT2D eigenvalue weighted by molar-refractivity contribution is 0.521. The summed E-state index contributed by atoms with van der Waals surface area (Å²) in [6.07, 6.45) is 0. The summed E-state index contributed by atoms with van der Waals surface area (Å²) in [6.45, 7) is 5.95. The van der Waals surface area contributed by atoms with Gasteiger partial charge in [0.05, 0.1) is 21.2 Å². The van der Waals surface area contributed by atoms with Crippen molar-refractivity contribution in [3.05, 3.63) is 47.5 Å². The molecule has 0 atom stereocenters. The molecule has 0 aliphatic rings. The van der Waals surface area contributed by atoms with E-state index in [1.54, 1.807) is 25.1 Å². The molecule has 0 radical (unpaired) electrons. The number of hydrogen-bond donors (Lipinski definition) is 2. The third-order valence-corrected chi connectivity index (χ3v) is 7.33. The molecule has 0 amide bonds. The Morgan fingerprint density at radius 2 is 1.59 bits per heavy atom. The summed E-state index contributed by atoms with van der Waals surface area (Å²) in [7, 11) is -4.74. The van der Waals surface area contributed by atoms with Crippen LogP contribution in [0.15, 0.2) is 46.2 Å². The Morgan fingerprint density at radius 1 is 0.926 bits per heavy atom. The molecule has 2 rings (SSSR count).